The molecule has 1 rings (SSSR count). The van der Waals surface area contributed by atoms with E-state index in [2.05, 4.69) is 0 Å². The molecule has 0 spiro atoms. The molecule has 0 aliphatic heterocycles. The van der Waals surface area contributed by atoms with E-state index in [1.807, 2.05) is 0 Å². The summed E-state index contributed by atoms with van der Waals surface area (Å²) in [6.07, 6.45) is -7.34. The van der Waals surface area contributed by atoms with Crippen LogP contribution in [0.5, 0.6) is 0 Å². The zero-order valence-corrected chi connectivity index (χ0v) is 10.1. The molecule has 0 saturated heterocycles. The minimum Gasteiger partial charge on any atom is -0.331 e. The molecule has 0 radical (unpaired) electrons. The standard InChI is InChI=1S/C8HF15O/c9-1(4(14,15)8(22,23)24)2(10,11)5(16,17)7(20,21)6(18,19)3(1,12)13/h24H. The van der Waals surface area contributed by atoms with Gasteiger partial charge in [0.25, 0.3) is 0 Å². The third-order valence-electron chi connectivity index (χ3n) is 3.25. The summed E-state index contributed by atoms with van der Waals surface area (Å²) in [6, 6.07) is 0. The van der Waals surface area contributed by atoms with Crippen LogP contribution in [-0.2, 0) is 0 Å². The summed E-state index contributed by atoms with van der Waals surface area (Å²) in [5.41, 5.74) is -8.31. The van der Waals surface area contributed by atoms with Crippen molar-refractivity contribution >= 4 is 0 Å². The van der Waals surface area contributed by atoms with Crippen LogP contribution < -0.4 is 0 Å². The van der Waals surface area contributed by atoms with Crippen LogP contribution in [0, 0.1) is 0 Å². The molecule has 0 aromatic carbocycles. The number of hydrogen-bond donors (Lipinski definition) is 1. The van der Waals surface area contributed by atoms with Crippen LogP contribution in [0.4, 0.5) is 65.9 Å². The van der Waals surface area contributed by atoms with E-state index in [0.29, 0.717) is 0 Å². The molecule has 0 amide bonds. The largest absolute Gasteiger partial charge is 0.420 e. The lowest BCUT2D eigenvalue weighted by molar-refractivity contribution is -0.525. The van der Waals surface area contributed by atoms with Gasteiger partial charge in [0.05, 0.1) is 0 Å². The van der Waals surface area contributed by atoms with Crippen LogP contribution in [0.1, 0.15) is 0 Å². The maximum atomic E-state index is 13.6. The van der Waals surface area contributed by atoms with E-state index in [0.717, 1.165) is 0 Å². The highest BCUT2D eigenvalue weighted by molar-refractivity contribution is 5.30. The van der Waals surface area contributed by atoms with E-state index < -0.39 is 47.3 Å². The lowest BCUT2D eigenvalue weighted by Gasteiger charge is -2.54. The predicted octanol–water partition coefficient (Wildman–Crippen LogP) is 4.11. The maximum absolute atomic E-state index is 13.6. The van der Waals surface area contributed by atoms with Crippen molar-refractivity contribution in [3.8, 4) is 0 Å². The Morgan fingerprint density at radius 1 is 0.458 bits per heavy atom. The molecule has 16 heteroatoms. The highest BCUT2D eigenvalue weighted by Gasteiger charge is 3.06. The Hall–Kier alpha value is -1.09. The van der Waals surface area contributed by atoms with Crippen LogP contribution >= 0.6 is 0 Å². The van der Waals surface area contributed by atoms with Crippen molar-refractivity contribution in [1.82, 2.24) is 0 Å². The topological polar surface area (TPSA) is 20.2 Å². The maximum Gasteiger partial charge on any atom is 0.420 e. The van der Waals surface area contributed by atoms with Crippen LogP contribution in [0.3, 0.4) is 0 Å². The zero-order chi connectivity index (χ0) is 20.0. The molecule has 1 aliphatic rings. The van der Waals surface area contributed by atoms with Gasteiger partial charge in [0.15, 0.2) is 0 Å². The van der Waals surface area contributed by atoms with Crippen molar-refractivity contribution in [2.45, 2.75) is 47.3 Å². The Kier molecular flexibility index (Phi) is 3.80. The smallest absolute Gasteiger partial charge is 0.331 e. The highest BCUT2D eigenvalue weighted by Crippen LogP contribution is 2.73. The average Bonchev–Trinajstić information content (AvgIpc) is 2.33. The average molecular weight is 398 g/mol. The normalized spacial score (nSPS) is 30.0. The zero-order valence-electron chi connectivity index (χ0n) is 10.1. The van der Waals surface area contributed by atoms with Crippen molar-refractivity contribution in [3.63, 3.8) is 0 Å². The second-order valence-electron chi connectivity index (χ2n) is 4.65. The van der Waals surface area contributed by atoms with Crippen molar-refractivity contribution < 1.29 is 71.0 Å². The lowest BCUT2D eigenvalue weighted by Crippen LogP contribution is -2.88. The van der Waals surface area contributed by atoms with E-state index in [4.69, 9.17) is 5.11 Å². The highest BCUT2D eigenvalue weighted by atomic mass is 19.4. The van der Waals surface area contributed by atoms with Gasteiger partial charge in [-0.1, -0.05) is 0 Å². The fourth-order valence-corrected chi connectivity index (χ4v) is 1.82. The van der Waals surface area contributed by atoms with Crippen molar-refractivity contribution in [1.29, 1.82) is 0 Å². The predicted molar refractivity (Wildman–Crippen MR) is 40.7 cm³/mol. The second-order valence-corrected chi connectivity index (χ2v) is 4.65. The number of aliphatic hydroxyl groups is 1. The van der Waals surface area contributed by atoms with Crippen LogP contribution in [0.15, 0.2) is 0 Å². The van der Waals surface area contributed by atoms with Gasteiger partial charge >= 0.3 is 47.3 Å². The number of rotatable bonds is 2. The van der Waals surface area contributed by atoms with E-state index in [1.54, 1.807) is 0 Å². The summed E-state index contributed by atoms with van der Waals surface area (Å²) in [5.74, 6) is -48.2. The van der Waals surface area contributed by atoms with E-state index in [1.165, 1.54) is 0 Å². The number of halogens is 15. The van der Waals surface area contributed by atoms with Crippen LogP contribution in [-0.4, -0.2) is 52.4 Å². The van der Waals surface area contributed by atoms with Crippen molar-refractivity contribution in [2.24, 2.45) is 0 Å². The fourth-order valence-electron chi connectivity index (χ4n) is 1.82. The first-order valence-corrected chi connectivity index (χ1v) is 5.06. The Morgan fingerprint density at radius 3 is 0.875 bits per heavy atom. The first-order valence-electron chi connectivity index (χ1n) is 5.06. The van der Waals surface area contributed by atoms with Gasteiger partial charge in [-0.2, -0.15) is 61.5 Å². The first-order chi connectivity index (χ1) is 10.0. The van der Waals surface area contributed by atoms with Gasteiger partial charge < -0.3 is 5.11 Å². The second kappa shape index (κ2) is 4.35. The summed E-state index contributed by atoms with van der Waals surface area (Å²) >= 11 is 0. The Bertz CT molecular complexity index is 498. The van der Waals surface area contributed by atoms with Gasteiger partial charge in [0.1, 0.15) is 0 Å². The molecule has 0 aromatic heterocycles. The molecule has 1 nitrogen and oxygen atoms in total. The molecule has 0 unspecified atom stereocenters. The van der Waals surface area contributed by atoms with Gasteiger partial charge in [-0.3, -0.25) is 0 Å². The molecule has 0 bridgehead atoms. The molecule has 0 aromatic rings. The molecular weight excluding hydrogens is 397 g/mol. The first kappa shape index (κ1) is 21.0. The van der Waals surface area contributed by atoms with Crippen LogP contribution in [0.25, 0.3) is 0 Å². The van der Waals surface area contributed by atoms with Gasteiger partial charge in [-0.05, 0) is 0 Å². The lowest BCUT2D eigenvalue weighted by atomic mass is 9.69. The molecular formula is C8HF15O. The van der Waals surface area contributed by atoms with Gasteiger partial charge in [-0.15, -0.1) is 0 Å². The molecule has 24 heavy (non-hydrogen) atoms. The van der Waals surface area contributed by atoms with Gasteiger partial charge in [0.2, 0.25) is 0 Å². The molecule has 1 aliphatic carbocycles. The summed E-state index contributed by atoms with van der Waals surface area (Å²) in [4.78, 5) is 0. The summed E-state index contributed by atoms with van der Waals surface area (Å²) in [7, 11) is 0. The van der Waals surface area contributed by atoms with Gasteiger partial charge in [-0.25, -0.2) is 4.39 Å². The van der Waals surface area contributed by atoms with Crippen molar-refractivity contribution in [3.05, 3.63) is 0 Å². The number of alkyl halides is 15. The molecule has 0 atom stereocenters. The minimum absolute atomic E-state index is 7.34. The molecule has 0 heterocycles. The quantitative estimate of drug-likeness (QED) is 0.695. The Balaban J connectivity index is 4.04. The molecule has 1 N–H and O–H groups in total. The minimum atomic E-state index is -8.31. The third kappa shape index (κ3) is 1.65. The summed E-state index contributed by atoms with van der Waals surface area (Å²) < 4.78 is 192. The fraction of sp³-hybridized carbons (Fsp3) is 1.00. The molecule has 1 saturated carbocycles. The Morgan fingerprint density at radius 2 is 0.667 bits per heavy atom. The summed E-state index contributed by atoms with van der Waals surface area (Å²) in [5, 5.41) is 7.53. The monoisotopic (exact) mass is 398 g/mol. The molecule has 144 valence electrons. The van der Waals surface area contributed by atoms with Crippen molar-refractivity contribution in [2.75, 3.05) is 0 Å². The van der Waals surface area contributed by atoms with Gasteiger partial charge in [0, 0.05) is 0 Å². The van der Waals surface area contributed by atoms with Crippen LogP contribution in [0.2, 0.25) is 0 Å². The SMILES string of the molecule is OC(F)(F)C(F)(F)C1(F)C(F)(F)C(F)(F)C(F)(F)C(F)(F)C1(F)F. The van der Waals surface area contributed by atoms with E-state index in [-0.39, 0.29) is 0 Å². The molecule has 1 fully saturated rings. The Labute approximate surface area is 120 Å². The third-order valence-corrected chi connectivity index (χ3v) is 3.25. The van der Waals surface area contributed by atoms with E-state index >= 15 is 0 Å². The summed E-state index contributed by atoms with van der Waals surface area (Å²) in [6.45, 7) is 0. The number of hydrogen-bond acceptors (Lipinski definition) is 1. The van der Waals surface area contributed by atoms with E-state index in [9.17, 15) is 65.9 Å².